The van der Waals surface area contributed by atoms with E-state index in [1.54, 1.807) is 0 Å². The molecule has 3 rings (SSSR count). The molecule has 1 aliphatic heterocycles. The number of halogens is 2. The van der Waals surface area contributed by atoms with Gasteiger partial charge in [0.1, 0.15) is 11.4 Å². The zero-order chi connectivity index (χ0) is 16.6. The third-order valence-electron chi connectivity index (χ3n) is 3.35. The minimum atomic E-state index is -2.99. The molecule has 120 valence electrons. The van der Waals surface area contributed by atoms with Gasteiger partial charge in [0.05, 0.1) is 5.69 Å². The SMILES string of the molecule is O=C(O)c1nn(-c2cccc(OC(F)F)c2)c2c1CCNC2=O. The van der Waals surface area contributed by atoms with Gasteiger partial charge in [-0.3, -0.25) is 4.79 Å². The molecule has 0 atom stereocenters. The lowest BCUT2D eigenvalue weighted by atomic mass is 10.1. The molecule has 0 spiro atoms. The standard InChI is InChI=1S/C14H11F2N3O4/c15-14(16)23-8-3-1-2-7(6-8)19-11-9(4-5-17-12(11)20)10(18-19)13(21)22/h1-3,6,14H,4-5H2,(H,17,20)(H,21,22). The highest BCUT2D eigenvalue weighted by molar-refractivity contribution is 5.99. The molecule has 0 fully saturated rings. The summed E-state index contributed by atoms with van der Waals surface area (Å²) < 4.78 is 30.1. The lowest BCUT2D eigenvalue weighted by molar-refractivity contribution is -0.0498. The van der Waals surface area contributed by atoms with Crippen LogP contribution in [0.5, 0.6) is 5.75 Å². The fraction of sp³-hybridized carbons (Fsp3) is 0.214. The molecule has 0 radical (unpaired) electrons. The molecule has 2 aromatic rings. The second-order valence-corrected chi connectivity index (χ2v) is 4.77. The van der Waals surface area contributed by atoms with E-state index >= 15 is 0 Å². The molecular weight excluding hydrogens is 312 g/mol. The van der Waals surface area contributed by atoms with Crippen LogP contribution in [-0.2, 0) is 6.42 Å². The van der Waals surface area contributed by atoms with Crippen molar-refractivity contribution in [3.8, 4) is 11.4 Å². The van der Waals surface area contributed by atoms with E-state index in [1.807, 2.05) is 0 Å². The van der Waals surface area contributed by atoms with Crippen molar-refractivity contribution in [3.05, 3.63) is 41.2 Å². The summed E-state index contributed by atoms with van der Waals surface area (Å²) in [6, 6.07) is 5.54. The van der Waals surface area contributed by atoms with Gasteiger partial charge in [-0.2, -0.15) is 13.9 Å². The van der Waals surface area contributed by atoms with Crippen LogP contribution in [0.25, 0.3) is 5.69 Å². The van der Waals surface area contributed by atoms with Crippen molar-refractivity contribution in [2.75, 3.05) is 6.54 Å². The van der Waals surface area contributed by atoms with Crippen LogP contribution in [-0.4, -0.2) is 39.9 Å². The highest BCUT2D eigenvalue weighted by atomic mass is 19.3. The lowest BCUT2D eigenvalue weighted by Crippen LogP contribution is -2.33. The van der Waals surface area contributed by atoms with E-state index in [-0.39, 0.29) is 22.8 Å². The number of carboxylic acids is 1. The molecule has 7 nitrogen and oxygen atoms in total. The summed E-state index contributed by atoms with van der Waals surface area (Å²) in [6.45, 7) is -2.68. The van der Waals surface area contributed by atoms with E-state index in [2.05, 4.69) is 15.2 Å². The second kappa shape index (κ2) is 5.67. The molecule has 0 saturated carbocycles. The maximum Gasteiger partial charge on any atom is 0.387 e. The van der Waals surface area contributed by atoms with E-state index in [9.17, 15) is 23.5 Å². The van der Waals surface area contributed by atoms with Crippen molar-refractivity contribution < 1.29 is 28.2 Å². The molecule has 1 aromatic heterocycles. The lowest BCUT2D eigenvalue weighted by Gasteiger charge is -2.15. The molecule has 9 heteroatoms. The maximum atomic E-state index is 12.3. The summed E-state index contributed by atoms with van der Waals surface area (Å²) in [4.78, 5) is 23.4. The Morgan fingerprint density at radius 2 is 2.22 bits per heavy atom. The quantitative estimate of drug-likeness (QED) is 0.888. The summed E-state index contributed by atoms with van der Waals surface area (Å²) in [6.07, 6.45) is 0.329. The number of aromatic carboxylic acids is 1. The number of aromatic nitrogens is 2. The molecule has 1 aromatic carbocycles. The van der Waals surface area contributed by atoms with Crippen molar-refractivity contribution in [1.82, 2.24) is 15.1 Å². The van der Waals surface area contributed by atoms with Crippen LogP contribution in [0.2, 0.25) is 0 Å². The van der Waals surface area contributed by atoms with Gasteiger partial charge in [0.15, 0.2) is 5.69 Å². The van der Waals surface area contributed by atoms with E-state index in [4.69, 9.17) is 0 Å². The van der Waals surface area contributed by atoms with Gasteiger partial charge >= 0.3 is 12.6 Å². The Balaban J connectivity index is 2.13. The van der Waals surface area contributed by atoms with Crippen LogP contribution in [0.15, 0.2) is 24.3 Å². The molecule has 1 aliphatic rings. The van der Waals surface area contributed by atoms with Gasteiger partial charge in [-0.05, 0) is 18.6 Å². The Kier molecular flexibility index (Phi) is 3.68. The third-order valence-corrected chi connectivity index (χ3v) is 3.35. The first-order valence-electron chi connectivity index (χ1n) is 6.66. The van der Waals surface area contributed by atoms with Crippen LogP contribution in [0.4, 0.5) is 8.78 Å². The number of carbonyl (C=O) groups excluding carboxylic acids is 1. The number of nitrogens with one attached hydrogen (secondary N) is 1. The van der Waals surface area contributed by atoms with Gasteiger partial charge in [0.25, 0.3) is 5.91 Å². The van der Waals surface area contributed by atoms with Crippen LogP contribution >= 0.6 is 0 Å². The summed E-state index contributed by atoms with van der Waals surface area (Å²) in [5, 5.41) is 15.8. The number of hydrogen-bond acceptors (Lipinski definition) is 4. The van der Waals surface area contributed by atoms with E-state index < -0.39 is 18.5 Å². The molecular formula is C14H11F2N3O4. The van der Waals surface area contributed by atoms with Gasteiger partial charge in [0, 0.05) is 18.2 Å². The first kappa shape index (κ1) is 14.9. The number of alkyl halides is 2. The normalized spacial score (nSPS) is 13.6. The molecule has 2 heterocycles. The number of carboxylic acid groups (broad SMARTS) is 1. The largest absolute Gasteiger partial charge is 0.476 e. The van der Waals surface area contributed by atoms with Gasteiger partial charge in [-0.25, -0.2) is 9.48 Å². The predicted octanol–water partition coefficient (Wildman–Crippen LogP) is 1.46. The monoisotopic (exact) mass is 323 g/mol. The number of fused-ring (bicyclic) bond motifs is 1. The smallest absolute Gasteiger partial charge is 0.387 e. The van der Waals surface area contributed by atoms with Gasteiger partial charge in [-0.1, -0.05) is 6.07 Å². The average molecular weight is 323 g/mol. The fourth-order valence-corrected chi connectivity index (χ4v) is 2.46. The Morgan fingerprint density at radius 1 is 1.43 bits per heavy atom. The fourth-order valence-electron chi connectivity index (χ4n) is 2.46. The Labute approximate surface area is 128 Å². The van der Waals surface area contributed by atoms with Crippen molar-refractivity contribution >= 4 is 11.9 Å². The van der Waals surface area contributed by atoms with Crippen LogP contribution < -0.4 is 10.1 Å². The number of hydrogen-bond donors (Lipinski definition) is 2. The van der Waals surface area contributed by atoms with Crippen LogP contribution in [0, 0.1) is 0 Å². The summed E-state index contributed by atoms with van der Waals surface area (Å²) in [5.41, 5.74) is 0.434. The van der Waals surface area contributed by atoms with Crippen molar-refractivity contribution in [2.45, 2.75) is 13.0 Å². The molecule has 0 unspecified atom stereocenters. The Morgan fingerprint density at radius 3 is 2.91 bits per heavy atom. The number of benzene rings is 1. The molecule has 0 bridgehead atoms. The summed E-state index contributed by atoms with van der Waals surface area (Å²) in [5.74, 6) is -1.84. The van der Waals surface area contributed by atoms with E-state index in [1.165, 1.54) is 24.3 Å². The van der Waals surface area contributed by atoms with Gasteiger partial charge in [-0.15, -0.1) is 0 Å². The zero-order valence-corrected chi connectivity index (χ0v) is 11.6. The van der Waals surface area contributed by atoms with Crippen molar-refractivity contribution in [2.24, 2.45) is 0 Å². The third kappa shape index (κ3) is 2.72. The average Bonchev–Trinajstić information content (AvgIpc) is 2.88. The Hall–Kier alpha value is -2.97. The van der Waals surface area contributed by atoms with E-state index in [0.717, 1.165) is 4.68 Å². The predicted molar refractivity (Wildman–Crippen MR) is 73.2 cm³/mol. The Bertz CT molecular complexity index is 788. The van der Waals surface area contributed by atoms with E-state index in [0.29, 0.717) is 18.5 Å². The van der Waals surface area contributed by atoms with Crippen LogP contribution in [0.1, 0.15) is 26.5 Å². The number of nitrogens with zero attached hydrogens (tertiary/aromatic N) is 2. The molecule has 23 heavy (non-hydrogen) atoms. The maximum absolute atomic E-state index is 12.3. The van der Waals surface area contributed by atoms with Crippen molar-refractivity contribution in [3.63, 3.8) is 0 Å². The topological polar surface area (TPSA) is 93.4 Å². The highest BCUT2D eigenvalue weighted by Gasteiger charge is 2.30. The minimum Gasteiger partial charge on any atom is -0.476 e. The zero-order valence-electron chi connectivity index (χ0n) is 11.6. The number of ether oxygens (including phenoxy) is 1. The minimum absolute atomic E-state index is 0.0860. The van der Waals surface area contributed by atoms with Gasteiger partial charge < -0.3 is 15.2 Å². The molecule has 0 aliphatic carbocycles. The van der Waals surface area contributed by atoms with Crippen LogP contribution in [0.3, 0.4) is 0 Å². The first-order chi connectivity index (χ1) is 11.0. The first-order valence-corrected chi connectivity index (χ1v) is 6.66. The van der Waals surface area contributed by atoms with Crippen molar-refractivity contribution in [1.29, 1.82) is 0 Å². The summed E-state index contributed by atoms with van der Waals surface area (Å²) >= 11 is 0. The number of carbonyl (C=O) groups is 2. The number of rotatable bonds is 4. The number of amides is 1. The molecule has 2 N–H and O–H groups in total. The molecule has 1 amide bonds. The summed E-state index contributed by atoms with van der Waals surface area (Å²) in [7, 11) is 0. The highest BCUT2D eigenvalue weighted by Crippen LogP contribution is 2.25. The second-order valence-electron chi connectivity index (χ2n) is 4.77. The van der Waals surface area contributed by atoms with Gasteiger partial charge in [0.2, 0.25) is 0 Å². The molecule has 0 saturated heterocycles.